The van der Waals surface area contributed by atoms with Gasteiger partial charge in [0, 0.05) is 11.8 Å². The zero-order chi connectivity index (χ0) is 33.3. The molecule has 244 valence electrons. The van der Waals surface area contributed by atoms with Crippen LogP contribution in [-0.4, -0.2) is 37.5 Å². The Balaban J connectivity index is 1.62. The summed E-state index contributed by atoms with van der Waals surface area (Å²) in [6.45, 7) is 11.3. The van der Waals surface area contributed by atoms with Crippen molar-refractivity contribution >= 4 is 23.4 Å². The van der Waals surface area contributed by atoms with Crippen molar-refractivity contribution in [1.82, 2.24) is 4.57 Å². The molecule has 9 nitrogen and oxygen atoms in total. The summed E-state index contributed by atoms with van der Waals surface area (Å²) in [5.41, 5.74) is 3.25. The van der Waals surface area contributed by atoms with Gasteiger partial charge in [0.25, 0.3) is 5.56 Å². The second kappa shape index (κ2) is 15.5. The van der Waals surface area contributed by atoms with Crippen LogP contribution in [0.15, 0.2) is 94.9 Å². The van der Waals surface area contributed by atoms with Crippen LogP contribution in [0.25, 0.3) is 6.08 Å². The van der Waals surface area contributed by atoms with Gasteiger partial charge in [-0.1, -0.05) is 53.8 Å². The van der Waals surface area contributed by atoms with Gasteiger partial charge in [-0.25, -0.2) is 9.79 Å². The van der Waals surface area contributed by atoms with Crippen molar-refractivity contribution in [3.63, 3.8) is 0 Å². The summed E-state index contributed by atoms with van der Waals surface area (Å²) in [5.74, 6) is 1.72. The molecule has 0 spiro atoms. The van der Waals surface area contributed by atoms with Crippen LogP contribution in [0, 0.1) is 0 Å². The van der Waals surface area contributed by atoms with Gasteiger partial charge in [-0.3, -0.25) is 9.36 Å². The summed E-state index contributed by atoms with van der Waals surface area (Å²) in [4.78, 5) is 32.1. The lowest BCUT2D eigenvalue weighted by atomic mass is 9.97. The van der Waals surface area contributed by atoms with E-state index in [0.717, 1.165) is 16.7 Å². The Hall–Kier alpha value is -5.09. The van der Waals surface area contributed by atoms with Crippen LogP contribution >= 0.6 is 11.3 Å². The number of aromatic nitrogens is 1. The van der Waals surface area contributed by atoms with Gasteiger partial charge in [-0.15, -0.1) is 6.58 Å². The van der Waals surface area contributed by atoms with E-state index in [4.69, 9.17) is 23.7 Å². The second-order valence-electron chi connectivity index (χ2n) is 10.5. The first-order chi connectivity index (χ1) is 22.9. The maximum absolute atomic E-state index is 14.2. The number of esters is 1. The van der Waals surface area contributed by atoms with E-state index in [-0.39, 0.29) is 11.1 Å². The largest absolute Gasteiger partial charge is 0.490 e. The molecule has 0 saturated carbocycles. The molecular weight excluding hydrogens is 616 g/mol. The molecule has 10 heteroatoms. The molecule has 3 aromatic carbocycles. The lowest BCUT2D eigenvalue weighted by molar-refractivity contribution is -0.136. The molecule has 1 atom stereocenters. The van der Waals surface area contributed by atoms with Crippen molar-refractivity contribution in [2.45, 2.75) is 39.8 Å². The van der Waals surface area contributed by atoms with E-state index < -0.39 is 12.0 Å². The van der Waals surface area contributed by atoms with Crippen molar-refractivity contribution < 1.29 is 28.5 Å². The van der Waals surface area contributed by atoms with Gasteiger partial charge in [0.15, 0.2) is 27.8 Å². The average molecular weight is 655 g/mol. The van der Waals surface area contributed by atoms with E-state index in [9.17, 15) is 9.59 Å². The molecule has 4 aromatic rings. The van der Waals surface area contributed by atoms with Crippen molar-refractivity contribution in [3.8, 4) is 23.0 Å². The minimum atomic E-state index is -0.792. The van der Waals surface area contributed by atoms with Crippen LogP contribution in [0.3, 0.4) is 0 Å². The van der Waals surface area contributed by atoms with E-state index in [1.165, 1.54) is 29.2 Å². The highest BCUT2D eigenvalue weighted by Crippen LogP contribution is 2.36. The number of benzene rings is 3. The van der Waals surface area contributed by atoms with Gasteiger partial charge in [-0.2, -0.15) is 0 Å². The molecular formula is C37H38N2O7S. The Bertz CT molecular complexity index is 1960. The maximum atomic E-state index is 14.2. The standard InChI is InChI=1S/C37H38N2O7S/c1-6-13-27-18-25(19-31(45-9-4)34(27)46-23-24-14-11-10-12-15-24)20-32-35(40)39-33(28(36(41)42-5)22-38-37(39)47-32)26-16-17-29(43-7-2)30(21-26)44-8-3/h6,10-12,14-22,33H,1,7-9,13,23H2,2-5H3/b32-20-/t33-/m1/s1. The Morgan fingerprint density at radius 2 is 1.66 bits per heavy atom. The quantitative estimate of drug-likeness (QED) is 0.131. The maximum Gasteiger partial charge on any atom is 0.337 e. The number of carbonyl (C=O) groups is 1. The first-order valence-electron chi connectivity index (χ1n) is 15.5. The number of carbonyl (C=O) groups excluding carboxylic acids is 1. The number of thiazole rings is 1. The summed E-state index contributed by atoms with van der Waals surface area (Å²) < 4.78 is 31.0. The van der Waals surface area contributed by atoms with Crippen LogP contribution in [0.5, 0.6) is 23.0 Å². The predicted molar refractivity (Wildman–Crippen MR) is 182 cm³/mol. The second-order valence-corrected chi connectivity index (χ2v) is 11.5. The molecule has 5 rings (SSSR count). The monoisotopic (exact) mass is 654 g/mol. The number of allylic oxidation sites excluding steroid dienone is 1. The molecule has 0 fully saturated rings. The van der Waals surface area contributed by atoms with Crippen LogP contribution in [0.1, 0.15) is 49.1 Å². The zero-order valence-corrected chi connectivity index (χ0v) is 27.8. The Morgan fingerprint density at radius 3 is 2.36 bits per heavy atom. The Labute approximate surface area is 277 Å². The number of fused-ring (bicyclic) bond motifs is 1. The first-order valence-corrected chi connectivity index (χ1v) is 16.3. The molecule has 1 aromatic heterocycles. The molecule has 0 radical (unpaired) electrons. The summed E-state index contributed by atoms with van der Waals surface area (Å²) in [6.07, 6.45) is 5.62. The topological polar surface area (TPSA) is 97.6 Å². The summed E-state index contributed by atoms with van der Waals surface area (Å²) >= 11 is 1.24. The highest BCUT2D eigenvalue weighted by molar-refractivity contribution is 7.07. The number of rotatable bonds is 14. The molecule has 1 aliphatic rings. The van der Waals surface area contributed by atoms with Crippen molar-refractivity contribution in [2.24, 2.45) is 4.99 Å². The Kier molecular flexibility index (Phi) is 11.0. The van der Waals surface area contributed by atoms with Crippen molar-refractivity contribution in [3.05, 3.63) is 127 Å². The minimum Gasteiger partial charge on any atom is -0.490 e. The Morgan fingerprint density at radius 1 is 0.936 bits per heavy atom. The van der Waals surface area contributed by atoms with E-state index in [2.05, 4.69) is 11.6 Å². The van der Waals surface area contributed by atoms with Crippen LogP contribution in [0.2, 0.25) is 0 Å². The van der Waals surface area contributed by atoms with E-state index >= 15 is 0 Å². The molecule has 0 N–H and O–H groups in total. The molecule has 47 heavy (non-hydrogen) atoms. The average Bonchev–Trinajstić information content (AvgIpc) is 3.39. The fourth-order valence-electron chi connectivity index (χ4n) is 5.37. The third-order valence-corrected chi connectivity index (χ3v) is 8.35. The SMILES string of the molecule is C=CCc1cc(/C=c2\sc3n(c2=O)[C@H](c2ccc(OCC)c(OCC)c2)C(C(=O)OC)=CN=3)cc(OCC)c1OCc1ccccc1. The molecule has 0 bridgehead atoms. The van der Waals surface area contributed by atoms with E-state index in [1.807, 2.05) is 75.4 Å². The number of nitrogens with zero attached hydrogens (tertiary/aromatic N) is 2. The van der Waals surface area contributed by atoms with Gasteiger partial charge in [-0.05, 0) is 74.2 Å². The fraction of sp³-hybridized carbons (Fsp3) is 0.270. The van der Waals surface area contributed by atoms with Crippen LogP contribution in [-0.2, 0) is 22.6 Å². The van der Waals surface area contributed by atoms with Crippen LogP contribution < -0.4 is 33.8 Å². The van der Waals surface area contributed by atoms with Crippen molar-refractivity contribution in [1.29, 1.82) is 0 Å². The minimum absolute atomic E-state index is 0.227. The molecule has 1 aliphatic heterocycles. The van der Waals surface area contributed by atoms with Crippen molar-refractivity contribution in [2.75, 3.05) is 26.9 Å². The van der Waals surface area contributed by atoms with Gasteiger partial charge in [0.2, 0.25) is 0 Å². The highest BCUT2D eigenvalue weighted by Gasteiger charge is 2.31. The number of ether oxygens (including phenoxy) is 5. The van der Waals surface area contributed by atoms with Gasteiger partial charge >= 0.3 is 5.97 Å². The van der Waals surface area contributed by atoms with Gasteiger partial charge in [0.1, 0.15) is 6.61 Å². The third kappa shape index (κ3) is 7.33. The normalized spacial score (nSPS) is 14.0. The van der Waals surface area contributed by atoms with Gasteiger partial charge < -0.3 is 23.7 Å². The summed E-state index contributed by atoms with van der Waals surface area (Å²) in [6, 6.07) is 18.4. The zero-order valence-electron chi connectivity index (χ0n) is 27.0. The van der Waals surface area contributed by atoms with E-state index in [1.54, 1.807) is 18.2 Å². The third-order valence-electron chi connectivity index (χ3n) is 7.35. The number of hydrogen-bond donors (Lipinski definition) is 0. The van der Waals surface area contributed by atoms with E-state index in [0.29, 0.717) is 70.7 Å². The number of hydrogen-bond acceptors (Lipinski definition) is 9. The molecule has 0 aliphatic carbocycles. The number of methoxy groups -OCH3 is 1. The van der Waals surface area contributed by atoms with Gasteiger partial charge in [0.05, 0.1) is 43.1 Å². The van der Waals surface area contributed by atoms with Crippen LogP contribution in [0.4, 0.5) is 0 Å². The lowest BCUT2D eigenvalue weighted by Crippen LogP contribution is -2.39. The molecule has 2 heterocycles. The lowest BCUT2D eigenvalue weighted by Gasteiger charge is -2.23. The predicted octanol–water partition coefficient (Wildman–Crippen LogP) is 5.52. The smallest absolute Gasteiger partial charge is 0.337 e. The molecule has 0 amide bonds. The summed E-state index contributed by atoms with van der Waals surface area (Å²) in [5, 5.41) is 0. The summed E-state index contributed by atoms with van der Waals surface area (Å²) in [7, 11) is 1.30. The molecule has 0 saturated heterocycles. The molecule has 0 unspecified atom stereocenters. The first kappa shape index (κ1) is 33.3. The highest BCUT2D eigenvalue weighted by atomic mass is 32.1. The fourth-order valence-corrected chi connectivity index (χ4v) is 6.34.